The summed E-state index contributed by atoms with van der Waals surface area (Å²) in [6.45, 7) is 7.75. The van der Waals surface area contributed by atoms with E-state index >= 15 is 0 Å². The van der Waals surface area contributed by atoms with Gasteiger partial charge in [-0.25, -0.2) is 0 Å². The Labute approximate surface area is 97.7 Å². The van der Waals surface area contributed by atoms with Crippen LogP contribution >= 0.6 is 0 Å². The summed E-state index contributed by atoms with van der Waals surface area (Å²) < 4.78 is 0. The molecule has 0 amide bonds. The second-order valence-corrected chi connectivity index (χ2v) is 2.25. The number of hydrogen-bond acceptors (Lipinski definition) is 3. The third-order valence-corrected chi connectivity index (χ3v) is 1.19. The maximum atomic E-state index is 8.70. The van der Waals surface area contributed by atoms with Crippen molar-refractivity contribution in [2.75, 3.05) is 6.54 Å². The van der Waals surface area contributed by atoms with Crippen LogP contribution in [0.3, 0.4) is 0 Å². The number of aliphatic hydroxyl groups excluding tert-OH is 1. The van der Waals surface area contributed by atoms with E-state index in [9.17, 15) is 0 Å². The molecule has 3 nitrogen and oxygen atoms in total. The summed E-state index contributed by atoms with van der Waals surface area (Å²) in [4.78, 5) is 0. The van der Waals surface area contributed by atoms with E-state index in [4.69, 9.17) is 5.11 Å². The summed E-state index contributed by atoms with van der Waals surface area (Å²) >= 11 is 0. The molecule has 12 heavy (non-hydrogen) atoms. The third kappa shape index (κ3) is 9.93. The molecule has 4 heteroatoms. The minimum Gasteiger partial charge on any atom is -0.525 e. The van der Waals surface area contributed by atoms with Crippen LogP contribution in [0.15, 0.2) is 24.7 Å². The van der Waals surface area contributed by atoms with Gasteiger partial charge in [0.25, 0.3) is 0 Å². The molecule has 0 bridgehead atoms. The van der Waals surface area contributed by atoms with Crippen molar-refractivity contribution in [1.82, 2.24) is 10.6 Å². The van der Waals surface area contributed by atoms with Gasteiger partial charge in [-0.3, -0.25) is 7.05 Å². The van der Waals surface area contributed by atoms with Gasteiger partial charge in [0.2, 0.25) is 0 Å². The average molecular weight is 393 g/mol. The molecular formula is C8H15N2OU-. The van der Waals surface area contributed by atoms with E-state index in [-0.39, 0.29) is 36.9 Å². The van der Waals surface area contributed by atoms with Crippen LogP contribution in [0.1, 0.15) is 12.8 Å². The van der Waals surface area contributed by atoms with E-state index in [0.29, 0.717) is 12.2 Å². The van der Waals surface area contributed by atoms with E-state index in [1.165, 1.54) is 0 Å². The minimum absolute atomic E-state index is 0. The van der Waals surface area contributed by atoms with Gasteiger partial charge in [0.1, 0.15) is 0 Å². The van der Waals surface area contributed by atoms with Gasteiger partial charge in [-0.05, 0) is 6.42 Å². The summed E-state index contributed by atoms with van der Waals surface area (Å²) in [6.07, 6.45) is 1.47. The number of aliphatic hydroxyl groups is 1. The fourth-order valence-electron chi connectivity index (χ4n) is 0.594. The first kappa shape index (κ1) is 14.5. The zero-order valence-corrected chi connectivity index (χ0v) is 11.4. The minimum atomic E-state index is 0. The van der Waals surface area contributed by atoms with E-state index in [1.54, 1.807) is 0 Å². The molecule has 0 fully saturated rings. The largest absolute Gasteiger partial charge is 0.525 e. The molecule has 0 saturated heterocycles. The molecule has 0 rings (SSSR count). The van der Waals surface area contributed by atoms with Crippen LogP contribution in [0.25, 0.3) is 0 Å². The van der Waals surface area contributed by atoms with Gasteiger partial charge >= 0.3 is 0 Å². The fourth-order valence-corrected chi connectivity index (χ4v) is 0.594. The molecule has 0 aromatic rings. The Hall–Kier alpha value is -0.0681. The van der Waals surface area contributed by atoms with Crippen LogP contribution in [0.4, 0.5) is 0 Å². The van der Waals surface area contributed by atoms with E-state index < -0.39 is 0 Å². The first-order valence-corrected chi connectivity index (χ1v) is 3.49. The second-order valence-electron chi connectivity index (χ2n) is 2.25. The molecular weight excluding hydrogens is 378 g/mol. The second kappa shape index (κ2) is 9.02. The first-order chi connectivity index (χ1) is 5.16. The molecule has 0 aromatic carbocycles. The normalized spacial score (nSPS) is 8.08. The van der Waals surface area contributed by atoms with Crippen molar-refractivity contribution in [2.45, 2.75) is 12.8 Å². The Bertz CT molecular complexity index is 148. The summed E-state index contributed by atoms with van der Waals surface area (Å²) in [5.74, 6) is 0.911. The van der Waals surface area contributed by atoms with Crippen LogP contribution in [-0.2, 0) is 0 Å². The summed E-state index contributed by atoms with van der Waals surface area (Å²) in [5, 5.41) is 14.3. The molecule has 0 atom stereocenters. The number of hydrogen-bond donors (Lipinski definition) is 3. The van der Waals surface area contributed by atoms with E-state index in [0.717, 1.165) is 13.0 Å². The van der Waals surface area contributed by atoms with Crippen molar-refractivity contribution in [2.24, 2.45) is 0 Å². The van der Waals surface area contributed by atoms with Crippen LogP contribution < -0.4 is 10.6 Å². The molecule has 0 aliphatic heterocycles. The SMILES string of the molecule is C=C(O)CCCNC(=C)N[CH2-].[U]. The number of allylic oxidation sites excluding steroid dienone is 1. The van der Waals surface area contributed by atoms with Crippen molar-refractivity contribution < 1.29 is 36.2 Å². The Kier molecular flexibility index (Phi) is 10.9. The molecule has 0 heterocycles. The number of rotatable bonds is 6. The molecule has 0 spiro atoms. The molecule has 0 aliphatic rings. The summed E-state index contributed by atoms with van der Waals surface area (Å²) in [5.41, 5.74) is 0. The Morgan fingerprint density at radius 3 is 2.42 bits per heavy atom. The Morgan fingerprint density at radius 2 is 2.00 bits per heavy atom. The predicted molar refractivity (Wildman–Crippen MR) is 46.6 cm³/mol. The van der Waals surface area contributed by atoms with Gasteiger partial charge < -0.3 is 15.7 Å². The van der Waals surface area contributed by atoms with E-state index in [1.807, 2.05) is 0 Å². The monoisotopic (exact) mass is 393 g/mol. The average Bonchev–Trinajstić information content (AvgIpc) is 1.97. The van der Waals surface area contributed by atoms with Gasteiger partial charge in [0.05, 0.1) is 11.6 Å². The van der Waals surface area contributed by atoms with Gasteiger partial charge in [-0.2, -0.15) is 0 Å². The molecule has 0 saturated carbocycles. The maximum absolute atomic E-state index is 8.70. The van der Waals surface area contributed by atoms with Crippen molar-refractivity contribution >= 4 is 0 Å². The molecule has 0 radical (unpaired) electrons. The summed E-state index contributed by atoms with van der Waals surface area (Å²) in [6, 6.07) is 0. The topological polar surface area (TPSA) is 44.3 Å². The Balaban J connectivity index is 0. The van der Waals surface area contributed by atoms with Gasteiger partial charge in [0, 0.05) is 44.1 Å². The van der Waals surface area contributed by atoms with Gasteiger partial charge in [-0.15, -0.1) is 0 Å². The van der Waals surface area contributed by atoms with Crippen LogP contribution in [0.2, 0.25) is 0 Å². The quantitative estimate of drug-likeness (QED) is 0.362. The maximum Gasteiger partial charge on any atom is 0.0851 e. The number of nitrogens with one attached hydrogen (secondary N) is 2. The van der Waals surface area contributed by atoms with Crippen LogP contribution in [0, 0.1) is 38.2 Å². The standard InChI is InChI=1S/C8H15N2O.U/c1-7(11)5-4-6-10-8(2)9-3;/h9-11H,1-6H2;/q-1;. The zero-order chi connectivity index (χ0) is 8.69. The van der Waals surface area contributed by atoms with E-state index in [2.05, 4.69) is 30.8 Å². The zero-order valence-electron chi connectivity index (χ0n) is 7.19. The van der Waals surface area contributed by atoms with Gasteiger partial charge in [0.15, 0.2) is 0 Å². The summed E-state index contributed by atoms with van der Waals surface area (Å²) in [7, 11) is 3.42. The molecule has 68 valence electrons. The predicted octanol–water partition coefficient (Wildman–Crippen LogP) is 1.28. The van der Waals surface area contributed by atoms with Crippen molar-refractivity contribution in [3.8, 4) is 0 Å². The van der Waals surface area contributed by atoms with Crippen LogP contribution in [0.5, 0.6) is 0 Å². The third-order valence-electron chi connectivity index (χ3n) is 1.19. The smallest absolute Gasteiger partial charge is 0.0851 e. The fraction of sp³-hybridized carbons (Fsp3) is 0.375. The Morgan fingerprint density at radius 1 is 1.42 bits per heavy atom. The van der Waals surface area contributed by atoms with Crippen molar-refractivity contribution in [3.05, 3.63) is 31.8 Å². The molecule has 0 aromatic heterocycles. The van der Waals surface area contributed by atoms with Gasteiger partial charge in [-0.1, -0.05) is 13.2 Å². The molecule has 0 aliphatic carbocycles. The van der Waals surface area contributed by atoms with Crippen LogP contribution in [-0.4, -0.2) is 11.7 Å². The van der Waals surface area contributed by atoms with Crippen molar-refractivity contribution in [3.63, 3.8) is 0 Å². The molecule has 3 N–H and O–H groups in total. The molecule has 0 unspecified atom stereocenters. The first-order valence-electron chi connectivity index (χ1n) is 3.49. The van der Waals surface area contributed by atoms with Crippen molar-refractivity contribution in [1.29, 1.82) is 0 Å².